The van der Waals surface area contributed by atoms with E-state index >= 15 is 0 Å². The molecule has 0 aliphatic rings. The minimum absolute atomic E-state index is 0. The van der Waals surface area contributed by atoms with Gasteiger partial charge in [-0.25, -0.2) is 4.98 Å². The third kappa shape index (κ3) is 6.23. The number of halogens is 1. The zero-order valence-corrected chi connectivity index (χ0v) is 18.4. The molecule has 0 saturated carbocycles. The average molecular weight is 479 g/mol. The lowest BCUT2D eigenvalue weighted by Crippen LogP contribution is -2.38. The molecule has 9 heteroatoms. The maximum Gasteiger partial charge on any atom is 0.194 e. The van der Waals surface area contributed by atoms with Crippen LogP contribution in [0.5, 0.6) is 0 Å². The molecule has 140 valence electrons. The number of methoxy groups -OCH3 is 1. The van der Waals surface area contributed by atoms with Crippen molar-refractivity contribution < 1.29 is 9.26 Å². The Balaban J connectivity index is 0.00000312. The van der Waals surface area contributed by atoms with Gasteiger partial charge in [0.15, 0.2) is 11.7 Å². The van der Waals surface area contributed by atoms with Gasteiger partial charge in [0.2, 0.25) is 0 Å². The van der Waals surface area contributed by atoms with E-state index in [-0.39, 0.29) is 30.1 Å². The Bertz CT molecular complexity index is 673. The second-order valence-corrected chi connectivity index (χ2v) is 6.34. The van der Waals surface area contributed by atoms with Crippen molar-refractivity contribution in [1.82, 2.24) is 20.4 Å². The van der Waals surface area contributed by atoms with Gasteiger partial charge in [0.25, 0.3) is 0 Å². The van der Waals surface area contributed by atoms with Crippen LogP contribution in [0.4, 0.5) is 0 Å². The summed E-state index contributed by atoms with van der Waals surface area (Å²) in [7, 11) is 5.43. The normalized spacial score (nSPS) is 12.6. The highest BCUT2D eigenvalue weighted by molar-refractivity contribution is 14.0. The molecule has 0 radical (unpaired) electrons. The van der Waals surface area contributed by atoms with Crippen molar-refractivity contribution in [3.05, 3.63) is 33.6 Å². The van der Waals surface area contributed by atoms with Gasteiger partial charge in [-0.1, -0.05) is 12.1 Å². The molecule has 0 aromatic carbocycles. The number of ether oxygens (including phenoxy) is 1. The Kier molecular flexibility index (Phi) is 9.36. The number of aliphatic imine (C=N–C) groups is 1. The lowest BCUT2D eigenvalue weighted by Gasteiger charge is -2.20. The molecule has 2 rings (SSSR count). The SMILES string of the molecule is CCc1cc(CNC(=NC)N(C)Cc2csc(C(C)OC)n2)on1.I. The number of hydrogen-bond donors (Lipinski definition) is 1. The first-order chi connectivity index (χ1) is 11.6. The van der Waals surface area contributed by atoms with E-state index in [9.17, 15) is 0 Å². The molecule has 0 fully saturated rings. The fraction of sp³-hybridized carbons (Fsp3) is 0.562. The summed E-state index contributed by atoms with van der Waals surface area (Å²) in [6, 6.07) is 1.96. The molecule has 7 nitrogen and oxygen atoms in total. The Morgan fingerprint density at radius 2 is 2.24 bits per heavy atom. The third-order valence-corrected chi connectivity index (χ3v) is 4.69. The fourth-order valence-corrected chi connectivity index (χ4v) is 3.00. The van der Waals surface area contributed by atoms with Gasteiger partial charge in [0, 0.05) is 32.7 Å². The first kappa shape index (κ1) is 21.8. The van der Waals surface area contributed by atoms with Gasteiger partial charge < -0.3 is 19.5 Å². The van der Waals surface area contributed by atoms with Crippen LogP contribution in [-0.2, 0) is 24.2 Å². The fourth-order valence-electron chi connectivity index (χ4n) is 2.16. The van der Waals surface area contributed by atoms with Gasteiger partial charge in [-0.2, -0.15) is 0 Å². The summed E-state index contributed by atoms with van der Waals surface area (Å²) < 4.78 is 10.6. The van der Waals surface area contributed by atoms with E-state index in [0.29, 0.717) is 13.1 Å². The topological polar surface area (TPSA) is 75.8 Å². The van der Waals surface area contributed by atoms with Crippen LogP contribution in [0, 0.1) is 0 Å². The number of nitrogens with zero attached hydrogens (tertiary/aromatic N) is 4. The van der Waals surface area contributed by atoms with E-state index in [0.717, 1.165) is 34.5 Å². The molecule has 1 atom stereocenters. The van der Waals surface area contributed by atoms with Gasteiger partial charge in [0.1, 0.15) is 11.1 Å². The van der Waals surface area contributed by atoms with Crippen molar-refractivity contribution in [2.75, 3.05) is 21.2 Å². The minimum Gasteiger partial charge on any atom is -0.375 e. The highest BCUT2D eigenvalue weighted by atomic mass is 127. The number of thiazole rings is 1. The van der Waals surface area contributed by atoms with Crippen molar-refractivity contribution in [2.45, 2.75) is 39.5 Å². The summed E-state index contributed by atoms with van der Waals surface area (Å²) in [4.78, 5) is 10.9. The zero-order valence-electron chi connectivity index (χ0n) is 15.3. The van der Waals surface area contributed by atoms with Crippen LogP contribution in [0.25, 0.3) is 0 Å². The van der Waals surface area contributed by atoms with Gasteiger partial charge in [-0.3, -0.25) is 4.99 Å². The zero-order chi connectivity index (χ0) is 17.5. The summed E-state index contributed by atoms with van der Waals surface area (Å²) in [5, 5.41) is 10.3. The maximum absolute atomic E-state index is 5.30. The molecule has 2 heterocycles. The Morgan fingerprint density at radius 3 is 2.84 bits per heavy atom. The number of hydrogen-bond acceptors (Lipinski definition) is 6. The largest absolute Gasteiger partial charge is 0.375 e. The van der Waals surface area contributed by atoms with Crippen molar-refractivity contribution in [1.29, 1.82) is 0 Å². The molecule has 1 unspecified atom stereocenters. The van der Waals surface area contributed by atoms with Gasteiger partial charge in [0.05, 0.1) is 24.5 Å². The molecule has 2 aromatic heterocycles. The van der Waals surface area contributed by atoms with Crippen molar-refractivity contribution in [3.8, 4) is 0 Å². The minimum atomic E-state index is 0. The van der Waals surface area contributed by atoms with Crippen molar-refractivity contribution in [2.24, 2.45) is 4.99 Å². The van der Waals surface area contributed by atoms with Gasteiger partial charge in [-0.15, -0.1) is 35.3 Å². The number of rotatable bonds is 7. The summed E-state index contributed by atoms with van der Waals surface area (Å²) in [6.45, 7) is 5.26. The van der Waals surface area contributed by atoms with Crippen LogP contribution in [0.3, 0.4) is 0 Å². The molecule has 2 aromatic rings. The first-order valence-corrected chi connectivity index (χ1v) is 8.78. The maximum atomic E-state index is 5.30. The van der Waals surface area contributed by atoms with E-state index < -0.39 is 0 Å². The van der Waals surface area contributed by atoms with E-state index in [4.69, 9.17) is 9.26 Å². The van der Waals surface area contributed by atoms with Crippen LogP contribution >= 0.6 is 35.3 Å². The summed E-state index contributed by atoms with van der Waals surface area (Å²) in [6.07, 6.45) is 0.884. The predicted octanol–water partition coefficient (Wildman–Crippen LogP) is 3.23. The van der Waals surface area contributed by atoms with E-state index in [1.165, 1.54) is 0 Å². The molecular formula is C16H26IN5O2S. The van der Waals surface area contributed by atoms with Crippen LogP contribution in [0.15, 0.2) is 21.0 Å². The number of aryl methyl sites for hydroxylation is 1. The van der Waals surface area contributed by atoms with Gasteiger partial charge >= 0.3 is 0 Å². The summed E-state index contributed by atoms with van der Waals surface area (Å²) in [5.74, 6) is 1.57. The number of nitrogens with one attached hydrogen (secondary N) is 1. The summed E-state index contributed by atoms with van der Waals surface area (Å²) in [5.41, 5.74) is 1.95. The van der Waals surface area contributed by atoms with Crippen molar-refractivity contribution in [3.63, 3.8) is 0 Å². The molecule has 0 amide bonds. The molecule has 1 N–H and O–H groups in total. The Labute approximate surface area is 169 Å². The van der Waals surface area contributed by atoms with E-state index in [2.05, 4.69) is 25.8 Å². The van der Waals surface area contributed by atoms with Crippen LogP contribution in [0.1, 0.15) is 42.1 Å². The second-order valence-electron chi connectivity index (χ2n) is 5.45. The Hall–Kier alpha value is -1.20. The van der Waals surface area contributed by atoms with E-state index in [1.807, 2.05) is 31.9 Å². The molecule has 0 saturated heterocycles. The van der Waals surface area contributed by atoms with E-state index in [1.54, 1.807) is 25.5 Å². The highest BCUT2D eigenvalue weighted by Gasteiger charge is 2.13. The monoisotopic (exact) mass is 479 g/mol. The van der Waals surface area contributed by atoms with Crippen LogP contribution in [-0.4, -0.2) is 42.2 Å². The average Bonchev–Trinajstić information content (AvgIpc) is 3.24. The third-order valence-electron chi connectivity index (χ3n) is 3.63. The standard InChI is InChI=1S/C16H25N5O2S.HI/c1-6-12-7-14(23-20-12)8-18-16(17-3)21(4)9-13-10-24-15(19-13)11(2)22-5;/h7,10-11H,6,8-9H2,1-5H3,(H,17,18);1H. The molecule has 25 heavy (non-hydrogen) atoms. The number of aromatic nitrogens is 2. The Morgan fingerprint density at radius 1 is 1.48 bits per heavy atom. The van der Waals surface area contributed by atoms with Crippen LogP contribution in [0.2, 0.25) is 0 Å². The first-order valence-electron chi connectivity index (χ1n) is 7.90. The smallest absolute Gasteiger partial charge is 0.194 e. The van der Waals surface area contributed by atoms with Gasteiger partial charge in [-0.05, 0) is 13.3 Å². The quantitative estimate of drug-likeness (QED) is 0.374. The molecule has 0 aliphatic heterocycles. The van der Waals surface area contributed by atoms with Crippen molar-refractivity contribution >= 4 is 41.3 Å². The lowest BCUT2D eigenvalue weighted by molar-refractivity contribution is 0.119. The highest BCUT2D eigenvalue weighted by Crippen LogP contribution is 2.20. The van der Waals surface area contributed by atoms with Crippen LogP contribution < -0.4 is 5.32 Å². The molecular weight excluding hydrogens is 453 g/mol. The second kappa shape index (κ2) is 10.7. The molecule has 0 bridgehead atoms. The number of guanidine groups is 1. The molecule has 0 aliphatic carbocycles. The molecule has 0 spiro atoms. The lowest BCUT2D eigenvalue weighted by atomic mass is 10.3. The summed E-state index contributed by atoms with van der Waals surface area (Å²) >= 11 is 1.61. The predicted molar refractivity (Wildman–Crippen MR) is 110 cm³/mol.